The van der Waals surface area contributed by atoms with Crippen LogP contribution < -0.4 is 5.32 Å². The quantitative estimate of drug-likeness (QED) is 0.728. The highest BCUT2D eigenvalue weighted by atomic mass is 16.2. The number of anilines is 1. The molecule has 0 spiro atoms. The highest BCUT2D eigenvalue weighted by molar-refractivity contribution is 5.73. The van der Waals surface area contributed by atoms with Crippen molar-refractivity contribution in [2.75, 3.05) is 25.0 Å². The number of hydrogen-bond acceptors (Lipinski definition) is 2. The van der Waals surface area contributed by atoms with Crippen LogP contribution in [0.5, 0.6) is 0 Å². The number of nitrogens with zero attached hydrogens (tertiary/aromatic N) is 1. The highest BCUT2D eigenvalue weighted by Crippen LogP contribution is 2.13. The minimum Gasteiger partial charge on any atom is -0.385 e. The van der Waals surface area contributed by atoms with Crippen molar-refractivity contribution in [3.8, 4) is 0 Å². The Morgan fingerprint density at radius 3 is 2.58 bits per heavy atom. The Balaban J connectivity index is 2.20. The number of aryl methyl sites for hydroxylation is 1. The van der Waals surface area contributed by atoms with Gasteiger partial charge >= 0.3 is 0 Å². The Kier molecular flexibility index (Phi) is 7.01. The Bertz CT molecular complexity index is 390. The molecule has 3 nitrogen and oxygen atoms in total. The van der Waals surface area contributed by atoms with E-state index in [0.29, 0.717) is 0 Å². The number of carbonyl (C=O) groups is 1. The molecule has 0 heterocycles. The molecule has 0 saturated carbocycles. The first-order valence-corrected chi connectivity index (χ1v) is 7.20. The molecule has 3 heteroatoms. The summed E-state index contributed by atoms with van der Waals surface area (Å²) in [6, 6.07) is 8.32. The molecule has 1 rings (SSSR count). The van der Waals surface area contributed by atoms with Gasteiger partial charge in [-0.2, -0.15) is 0 Å². The van der Waals surface area contributed by atoms with Crippen molar-refractivity contribution < 1.29 is 4.79 Å². The first-order valence-electron chi connectivity index (χ1n) is 7.20. The molecule has 19 heavy (non-hydrogen) atoms. The van der Waals surface area contributed by atoms with E-state index in [4.69, 9.17) is 0 Å². The summed E-state index contributed by atoms with van der Waals surface area (Å²) in [5.41, 5.74) is 2.48. The van der Waals surface area contributed by atoms with Gasteiger partial charge in [-0.3, -0.25) is 4.79 Å². The second-order valence-corrected chi connectivity index (χ2v) is 4.95. The molecule has 0 atom stereocenters. The predicted octanol–water partition coefficient (Wildman–Crippen LogP) is 3.45. The van der Waals surface area contributed by atoms with E-state index in [2.05, 4.69) is 37.4 Å². The lowest BCUT2D eigenvalue weighted by molar-refractivity contribution is -0.128. The Labute approximate surface area is 117 Å². The SMILES string of the molecule is CCCN(CCCCNc1ccccc1C)C(C)=O. The molecule has 0 aliphatic heterocycles. The minimum absolute atomic E-state index is 0.189. The number of hydrogen-bond donors (Lipinski definition) is 1. The van der Waals surface area contributed by atoms with Crippen molar-refractivity contribution >= 4 is 11.6 Å². The lowest BCUT2D eigenvalue weighted by Gasteiger charge is -2.20. The van der Waals surface area contributed by atoms with Gasteiger partial charge in [0.2, 0.25) is 5.91 Å². The maximum atomic E-state index is 11.4. The van der Waals surface area contributed by atoms with E-state index < -0.39 is 0 Å². The zero-order valence-corrected chi connectivity index (χ0v) is 12.4. The molecule has 1 aromatic carbocycles. The molecule has 0 fully saturated rings. The van der Waals surface area contributed by atoms with Gasteiger partial charge in [0.05, 0.1) is 0 Å². The molecule has 1 N–H and O–H groups in total. The lowest BCUT2D eigenvalue weighted by Crippen LogP contribution is -2.30. The summed E-state index contributed by atoms with van der Waals surface area (Å²) < 4.78 is 0. The minimum atomic E-state index is 0.189. The number of amides is 1. The maximum absolute atomic E-state index is 11.4. The van der Waals surface area contributed by atoms with Crippen molar-refractivity contribution in [3.05, 3.63) is 29.8 Å². The van der Waals surface area contributed by atoms with Crippen molar-refractivity contribution in [3.63, 3.8) is 0 Å². The van der Waals surface area contributed by atoms with Crippen LogP contribution in [0.4, 0.5) is 5.69 Å². The van der Waals surface area contributed by atoms with E-state index in [0.717, 1.165) is 38.9 Å². The van der Waals surface area contributed by atoms with Crippen LogP contribution in [0.1, 0.15) is 38.7 Å². The van der Waals surface area contributed by atoms with E-state index in [1.54, 1.807) is 6.92 Å². The second-order valence-electron chi connectivity index (χ2n) is 4.95. The Morgan fingerprint density at radius 2 is 1.95 bits per heavy atom. The normalized spacial score (nSPS) is 10.3. The number of nitrogens with one attached hydrogen (secondary N) is 1. The average Bonchev–Trinajstić information content (AvgIpc) is 2.39. The molecular weight excluding hydrogens is 236 g/mol. The van der Waals surface area contributed by atoms with Gasteiger partial charge in [-0.25, -0.2) is 0 Å². The van der Waals surface area contributed by atoms with Crippen molar-refractivity contribution in [2.45, 2.75) is 40.0 Å². The standard InChI is InChI=1S/C16H26N2O/c1-4-12-18(15(3)19)13-8-7-11-17-16-10-6-5-9-14(16)2/h5-6,9-10,17H,4,7-8,11-13H2,1-3H3. The number of carbonyl (C=O) groups excluding carboxylic acids is 1. The second kappa shape index (κ2) is 8.57. The zero-order valence-electron chi connectivity index (χ0n) is 12.4. The first kappa shape index (κ1) is 15.5. The van der Waals surface area contributed by atoms with Gasteiger partial charge in [0, 0.05) is 32.2 Å². The molecule has 0 radical (unpaired) electrons. The largest absolute Gasteiger partial charge is 0.385 e. The van der Waals surface area contributed by atoms with Crippen molar-refractivity contribution in [1.82, 2.24) is 4.90 Å². The number of unbranched alkanes of at least 4 members (excludes halogenated alkanes) is 1. The fourth-order valence-corrected chi connectivity index (χ4v) is 2.12. The van der Waals surface area contributed by atoms with E-state index in [-0.39, 0.29) is 5.91 Å². The monoisotopic (exact) mass is 262 g/mol. The maximum Gasteiger partial charge on any atom is 0.219 e. The highest BCUT2D eigenvalue weighted by Gasteiger charge is 2.06. The van der Waals surface area contributed by atoms with Gasteiger partial charge in [0.15, 0.2) is 0 Å². The average molecular weight is 262 g/mol. The summed E-state index contributed by atoms with van der Waals surface area (Å²) in [4.78, 5) is 13.3. The van der Waals surface area contributed by atoms with Gasteiger partial charge in [-0.15, -0.1) is 0 Å². The molecule has 106 valence electrons. The van der Waals surface area contributed by atoms with Gasteiger partial charge in [0.25, 0.3) is 0 Å². The lowest BCUT2D eigenvalue weighted by atomic mass is 10.2. The molecule has 0 bridgehead atoms. The van der Waals surface area contributed by atoms with Crippen LogP contribution in [0.2, 0.25) is 0 Å². The summed E-state index contributed by atoms with van der Waals surface area (Å²) in [6.45, 7) is 8.58. The first-order chi connectivity index (χ1) is 9.15. The molecule has 0 aliphatic carbocycles. The van der Waals surface area contributed by atoms with Crippen molar-refractivity contribution in [1.29, 1.82) is 0 Å². The summed E-state index contributed by atoms with van der Waals surface area (Å²) in [6.07, 6.45) is 3.17. The number of benzene rings is 1. The summed E-state index contributed by atoms with van der Waals surface area (Å²) in [5.74, 6) is 0.189. The summed E-state index contributed by atoms with van der Waals surface area (Å²) in [5, 5.41) is 3.44. The van der Waals surface area contributed by atoms with Crippen LogP contribution in [0.25, 0.3) is 0 Å². The smallest absolute Gasteiger partial charge is 0.219 e. The third-order valence-corrected chi connectivity index (χ3v) is 3.25. The number of rotatable bonds is 8. The van der Waals surface area contributed by atoms with E-state index in [9.17, 15) is 4.79 Å². The van der Waals surface area contributed by atoms with E-state index in [1.165, 1.54) is 11.3 Å². The Morgan fingerprint density at radius 1 is 1.21 bits per heavy atom. The molecule has 0 aliphatic rings. The van der Waals surface area contributed by atoms with Crippen LogP contribution in [-0.4, -0.2) is 30.4 Å². The Hall–Kier alpha value is -1.51. The molecule has 1 aromatic rings. The fourth-order valence-electron chi connectivity index (χ4n) is 2.12. The molecule has 1 amide bonds. The van der Waals surface area contributed by atoms with Crippen LogP contribution in [0, 0.1) is 6.92 Å². The van der Waals surface area contributed by atoms with Gasteiger partial charge in [-0.1, -0.05) is 25.1 Å². The molecular formula is C16H26N2O. The summed E-state index contributed by atoms with van der Waals surface area (Å²) in [7, 11) is 0. The number of para-hydroxylation sites is 1. The van der Waals surface area contributed by atoms with Gasteiger partial charge in [0.1, 0.15) is 0 Å². The predicted molar refractivity (Wildman–Crippen MR) is 81.4 cm³/mol. The van der Waals surface area contributed by atoms with Crippen LogP contribution in [-0.2, 0) is 4.79 Å². The van der Waals surface area contributed by atoms with Gasteiger partial charge in [-0.05, 0) is 37.8 Å². The van der Waals surface area contributed by atoms with E-state index >= 15 is 0 Å². The molecule has 0 unspecified atom stereocenters. The molecule has 0 saturated heterocycles. The molecule has 0 aromatic heterocycles. The van der Waals surface area contributed by atoms with Gasteiger partial charge < -0.3 is 10.2 Å². The van der Waals surface area contributed by atoms with E-state index in [1.807, 2.05) is 11.0 Å². The van der Waals surface area contributed by atoms with Crippen LogP contribution in [0.3, 0.4) is 0 Å². The van der Waals surface area contributed by atoms with Crippen LogP contribution >= 0.6 is 0 Å². The third kappa shape index (κ3) is 5.77. The van der Waals surface area contributed by atoms with Crippen LogP contribution in [0.15, 0.2) is 24.3 Å². The topological polar surface area (TPSA) is 32.3 Å². The van der Waals surface area contributed by atoms with Crippen molar-refractivity contribution in [2.24, 2.45) is 0 Å². The fraction of sp³-hybridized carbons (Fsp3) is 0.562. The zero-order chi connectivity index (χ0) is 14.1. The summed E-state index contributed by atoms with van der Waals surface area (Å²) >= 11 is 0. The third-order valence-electron chi connectivity index (χ3n) is 3.25.